The number of hydrogen-bond donors (Lipinski definition) is 2. The highest BCUT2D eigenvalue weighted by molar-refractivity contribution is 7.18. The molecule has 144 valence electrons. The molecule has 0 aliphatic carbocycles. The number of nitrogens with one attached hydrogen (secondary N) is 2. The summed E-state index contributed by atoms with van der Waals surface area (Å²) in [4.78, 5) is 32.9. The van der Waals surface area contributed by atoms with Gasteiger partial charge in [-0.3, -0.25) is 9.59 Å². The Labute approximate surface area is 169 Å². The molecule has 0 aliphatic rings. The van der Waals surface area contributed by atoms with Crippen molar-refractivity contribution >= 4 is 33.8 Å². The summed E-state index contributed by atoms with van der Waals surface area (Å²) in [6.45, 7) is 0. The van der Waals surface area contributed by atoms with Crippen molar-refractivity contribution in [2.45, 2.75) is 0 Å². The number of carbonyl (C=O) groups is 2. The van der Waals surface area contributed by atoms with Gasteiger partial charge in [-0.25, -0.2) is 9.97 Å². The van der Waals surface area contributed by atoms with Crippen molar-refractivity contribution in [3.63, 3.8) is 0 Å². The number of thiophene rings is 1. The summed E-state index contributed by atoms with van der Waals surface area (Å²) in [5.41, 5.74) is 0.603. The first-order chi connectivity index (χ1) is 14.2. The predicted molar refractivity (Wildman–Crippen MR) is 107 cm³/mol. The van der Waals surface area contributed by atoms with Gasteiger partial charge >= 0.3 is 6.01 Å². The molecule has 0 bridgehead atoms. The van der Waals surface area contributed by atoms with Crippen LogP contribution in [0.4, 0.5) is 10.7 Å². The van der Waals surface area contributed by atoms with Gasteiger partial charge in [0, 0.05) is 18.1 Å². The molecule has 2 amide bonds. The lowest BCUT2D eigenvalue weighted by atomic mass is 10.3. The molecule has 1 aromatic carbocycles. The highest BCUT2D eigenvalue weighted by atomic mass is 32.1. The van der Waals surface area contributed by atoms with Crippen LogP contribution in [-0.2, 0) is 0 Å². The molecule has 0 atom stereocenters. The second kappa shape index (κ2) is 8.36. The summed E-state index contributed by atoms with van der Waals surface area (Å²) in [5.74, 6) is 0.0937. The van der Waals surface area contributed by atoms with Crippen molar-refractivity contribution in [1.29, 1.82) is 0 Å². The fraction of sp³-hybridized carbons (Fsp3) is 0. The molecule has 3 aromatic heterocycles. The van der Waals surface area contributed by atoms with Crippen molar-refractivity contribution < 1.29 is 18.7 Å². The first kappa shape index (κ1) is 18.4. The Bertz CT molecular complexity index is 1110. The van der Waals surface area contributed by atoms with E-state index in [0.717, 1.165) is 11.3 Å². The molecule has 4 rings (SSSR count). The van der Waals surface area contributed by atoms with Gasteiger partial charge in [0.2, 0.25) is 0 Å². The minimum Gasteiger partial charge on any atom is -0.459 e. The average Bonchev–Trinajstić information content (AvgIpc) is 3.42. The first-order valence-corrected chi connectivity index (χ1v) is 9.30. The van der Waals surface area contributed by atoms with E-state index < -0.39 is 0 Å². The van der Waals surface area contributed by atoms with Gasteiger partial charge in [-0.1, -0.05) is 0 Å². The van der Waals surface area contributed by atoms with Gasteiger partial charge < -0.3 is 19.8 Å². The Balaban J connectivity index is 1.35. The molecule has 0 radical (unpaired) electrons. The van der Waals surface area contributed by atoms with Crippen LogP contribution in [0.15, 0.2) is 77.7 Å². The molecule has 0 fully saturated rings. The van der Waals surface area contributed by atoms with Gasteiger partial charge in [-0.2, -0.15) is 0 Å². The highest BCUT2D eigenvalue weighted by Crippen LogP contribution is 2.25. The minimum absolute atomic E-state index is 0.201. The predicted octanol–water partition coefficient (Wildman–Crippen LogP) is 4.43. The quantitative estimate of drug-likeness (QED) is 0.491. The van der Waals surface area contributed by atoms with Crippen LogP contribution in [0.3, 0.4) is 0 Å². The fourth-order valence-electron chi connectivity index (χ4n) is 2.35. The summed E-state index contributed by atoms with van der Waals surface area (Å²) >= 11 is 1.16. The molecule has 0 saturated carbocycles. The van der Waals surface area contributed by atoms with Crippen molar-refractivity contribution in [3.05, 3.63) is 83.9 Å². The molecule has 3 heterocycles. The molecule has 0 spiro atoms. The van der Waals surface area contributed by atoms with E-state index in [1.807, 2.05) is 0 Å². The largest absolute Gasteiger partial charge is 0.459 e. The fourth-order valence-corrected chi connectivity index (χ4v) is 3.15. The van der Waals surface area contributed by atoms with Gasteiger partial charge in [-0.05, 0) is 54.6 Å². The van der Waals surface area contributed by atoms with Crippen LogP contribution in [0.25, 0.3) is 0 Å². The number of benzene rings is 1. The molecule has 0 aliphatic heterocycles. The van der Waals surface area contributed by atoms with E-state index in [-0.39, 0.29) is 23.6 Å². The van der Waals surface area contributed by atoms with Gasteiger partial charge in [0.25, 0.3) is 11.8 Å². The van der Waals surface area contributed by atoms with E-state index in [1.165, 1.54) is 6.26 Å². The number of rotatable bonds is 6. The lowest BCUT2D eigenvalue weighted by molar-refractivity contribution is 0.0995. The minimum atomic E-state index is -0.373. The third kappa shape index (κ3) is 4.66. The average molecular weight is 406 g/mol. The number of hydrogen-bond acceptors (Lipinski definition) is 7. The van der Waals surface area contributed by atoms with Crippen LogP contribution in [0, 0.1) is 0 Å². The lowest BCUT2D eigenvalue weighted by Gasteiger charge is -2.06. The Morgan fingerprint density at radius 3 is 2.41 bits per heavy atom. The molecular weight excluding hydrogens is 392 g/mol. The van der Waals surface area contributed by atoms with Gasteiger partial charge in [0.15, 0.2) is 5.76 Å². The monoisotopic (exact) mass is 406 g/mol. The maximum Gasteiger partial charge on any atom is 0.321 e. The Hall–Kier alpha value is -3.98. The molecule has 8 nitrogen and oxygen atoms in total. The van der Waals surface area contributed by atoms with Crippen LogP contribution < -0.4 is 15.4 Å². The normalized spacial score (nSPS) is 10.3. The number of carbonyl (C=O) groups excluding carboxylic acids is 2. The Morgan fingerprint density at radius 2 is 1.69 bits per heavy atom. The highest BCUT2D eigenvalue weighted by Gasteiger charge is 2.13. The van der Waals surface area contributed by atoms with Crippen molar-refractivity contribution in [2.24, 2.45) is 0 Å². The second-order valence-electron chi connectivity index (χ2n) is 5.71. The maximum atomic E-state index is 12.4. The van der Waals surface area contributed by atoms with Crippen LogP contribution >= 0.6 is 11.3 Å². The van der Waals surface area contributed by atoms with E-state index in [2.05, 4.69) is 20.6 Å². The molecule has 4 aromatic rings. The van der Waals surface area contributed by atoms with Gasteiger partial charge in [0.05, 0.1) is 16.1 Å². The number of furan rings is 1. The van der Waals surface area contributed by atoms with E-state index >= 15 is 0 Å². The molecule has 0 saturated heterocycles. The zero-order valence-electron chi connectivity index (χ0n) is 14.9. The Morgan fingerprint density at radius 1 is 0.897 bits per heavy atom. The molecule has 0 unspecified atom stereocenters. The SMILES string of the molecule is O=C(Nc1ccc(C(=O)Nc2ccc(Oc3ncccn3)cc2)s1)c1ccco1. The molecule has 29 heavy (non-hydrogen) atoms. The van der Waals surface area contributed by atoms with E-state index in [9.17, 15) is 9.59 Å². The number of anilines is 2. The number of ether oxygens (including phenoxy) is 1. The zero-order chi connectivity index (χ0) is 20.1. The summed E-state index contributed by atoms with van der Waals surface area (Å²) in [5, 5.41) is 6.03. The summed E-state index contributed by atoms with van der Waals surface area (Å²) in [6, 6.07) is 15.3. The molecule has 2 N–H and O–H groups in total. The Kier molecular flexibility index (Phi) is 5.30. The van der Waals surface area contributed by atoms with Crippen LogP contribution in [0.2, 0.25) is 0 Å². The number of amides is 2. The summed E-state index contributed by atoms with van der Waals surface area (Å²) < 4.78 is 10.6. The number of aromatic nitrogens is 2. The van der Waals surface area contributed by atoms with Crippen LogP contribution in [-0.4, -0.2) is 21.8 Å². The summed E-state index contributed by atoms with van der Waals surface area (Å²) in [7, 11) is 0. The molecular formula is C20H14N4O4S. The maximum absolute atomic E-state index is 12.4. The van der Waals surface area contributed by atoms with Crippen LogP contribution in [0.1, 0.15) is 20.2 Å². The van der Waals surface area contributed by atoms with Gasteiger partial charge in [-0.15, -0.1) is 11.3 Å². The smallest absolute Gasteiger partial charge is 0.321 e. The van der Waals surface area contributed by atoms with E-state index in [4.69, 9.17) is 9.15 Å². The number of nitrogens with zero attached hydrogens (tertiary/aromatic N) is 2. The summed E-state index contributed by atoms with van der Waals surface area (Å²) in [6.07, 6.45) is 4.60. The second-order valence-corrected chi connectivity index (χ2v) is 6.79. The van der Waals surface area contributed by atoms with Gasteiger partial charge in [0.1, 0.15) is 5.75 Å². The third-order valence-corrected chi connectivity index (χ3v) is 4.67. The van der Waals surface area contributed by atoms with E-state index in [0.29, 0.717) is 21.3 Å². The standard InChI is InChI=1S/C20H14N4O4S/c25-18(15-3-1-12-27-15)24-17-9-8-16(29-17)19(26)23-13-4-6-14(7-5-13)28-20-21-10-2-11-22-20/h1-12H,(H,23,26)(H,24,25). The lowest BCUT2D eigenvalue weighted by Crippen LogP contribution is -2.10. The van der Waals surface area contributed by atoms with E-state index in [1.54, 1.807) is 67.0 Å². The van der Waals surface area contributed by atoms with Crippen LogP contribution in [0.5, 0.6) is 11.8 Å². The topological polar surface area (TPSA) is 106 Å². The van der Waals surface area contributed by atoms with Crippen molar-refractivity contribution in [1.82, 2.24) is 9.97 Å². The van der Waals surface area contributed by atoms with Crippen molar-refractivity contribution in [3.8, 4) is 11.8 Å². The van der Waals surface area contributed by atoms with Crippen molar-refractivity contribution in [2.75, 3.05) is 10.6 Å². The third-order valence-electron chi connectivity index (χ3n) is 3.67. The zero-order valence-corrected chi connectivity index (χ0v) is 15.7. The first-order valence-electron chi connectivity index (χ1n) is 8.48. The molecule has 9 heteroatoms.